The van der Waals surface area contributed by atoms with Gasteiger partial charge in [-0.2, -0.15) is 0 Å². The Kier molecular flexibility index (Phi) is 7.77. The van der Waals surface area contributed by atoms with Crippen molar-refractivity contribution in [3.63, 3.8) is 0 Å². The number of carbonyl (C=O) groups excluding carboxylic acids is 1. The maximum atomic E-state index is 11.8. The second-order valence-electron chi connectivity index (χ2n) is 6.02. The van der Waals surface area contributed by atoms with E-state index in [0.717, 1.165) is 18.4 Å². The number of carbonyl (C=O) groups is 1. The van der Waals surface area contributed by atoms with E-state index in [2.05, 4.69) is 10.6 Å². The Hall–Kier alpha value is -2.22. The van der Waals surface area contributed by atoms with Gasteiger partial charge in [-0.15, -0.1) is 0 Å². The summed E-state index contributed by atoms with van der Waals surface area (Å²) in [7, 11) is -3.64. The molecule has 140 valence electrons. The summed E-state index contributed by atoms with van der Waals surface area (Å²) in [5, 5.41) is 11.2. The predicted octanol–water partition coefficient (Wildman–Crippen LogP) is 1.22. The van der Waals surface area contributed by atoms with Gasteiger partial charge in [0.1, 0.15) is 0 Å². The van der Waals surface area contributed by atoms with Crippen LogP contribution in [0.3, 0.4) is 0 Å². The van der Waals surface area contributed by atoms with Crippen LogP contribution in [0.4, 0.5) is 0 Å². The lowest BCUT2D eigenvalue weighted by Gasteiger charge is -2.07. The Morgan fingerprint density at radius 3 is 2.12 bits per heavy atom. The van der Waals surface area contributed by atoms with Crippen molar-refractivity contribution >= 4 is 15.9 Å². The third kappa shape index (κ3) is 7.35. The monoisotopic (exact) mass is 375 g/mol. The Morgan fingerprint density at radius 2 is 1.46 bits per heavy atom. The van der Waals surface area contributed by atoms with E-state index in [4.69, 9.17) is 5.14 Å². The number of amides is 1. The largest absolute Gasteiger partial charge is 0.356 e. The fourth-order valence-corrected chi connectivity index (χ4v) is 3.00. The van der Waals surface area contributed by atoms with Gasteiger partial charge >= 0.3 is 0 Å². The fourth-order valence-electron chi connectivity index (χ4n) is 2.48. The minimum absolute atomic E-state index is 0.0333. The van der Waals surface area contributed by atoms with Crippen LogP contribution in [-0.4, -0.2) is 34.0 Å². The van der Waals surface area contributed by atoms with Gasteiger partial charge in [0, 0.05) is 19.5 Å². The quantitative estimate of drug-likeness (QED) is 0.543. The average Bonchev–Trinajstić information content (AvgIpc) is 2.62. The molecule has 0 saturated heterocycles. The third-order valence-electron chi connectivity index (χ3n) is 3.95. The van der Waals surface area contributed by atoms with Gasteiger partial charge in [-0.25, -0.2) is 13.6 Å². The smallest absolute Gasteiger partial charge is 0.238 e. The van der Waals surface area contributed by atoms with Gasteiger partial charge in [0.15, 0.2) is 0 Å². The minimum atomic E-state index is -3.64. The third-order valence-corrected chi connectivity index (χ3v) is 4.88. The van der Waals surface area contributed by atoms with Crippen LogP contribution < -0.4 is 15.8 Å². The van der Waals surface area contributed by atoms with E-state index in [1.165, 1.54) is 17.7 Å². The van der Waals surface area contributed by atoms with E-state index in [-0.39, 0.29) is 10.8 Å². The van der Waals surface area contributed by atoms with Crippen LogP contribution in [0.25, 0.3) is 0 Å². The summed E-state index contributed by atoms with van der Waals surface area (Å²) in [6.07, 6.45) is 2.01. The molecule has 2 aromatic carbocycles. The van der Waals surface area contributed by atoms with Crippen molar-refractivity contribution in [3.8, 4) is 0 Å². The number of hydrogen-bond donors (Lipinski definition) is 3. The first-order valence-electron chi connectivity index (χ1n) is 8.58. The number of sulfonamides is 1. The molecule has 2 rings (SSSR count). The molecular formula is C19H25N3O3S. The van der Waals surface area contributed by atoms with Gasteiger partial charge in [0.25, 0.3) is 0 Å². The van der Waals surface area contributed by atoms with Gasteiger partial charge < -0.3 is 10.6 Å². The first-order valence-corrected chi connectivity index (χ1v) is 10.1. The Balaban J connectivity index is 1.56. The van der Waals surface area contributed by atoms with Crippen molar-refractivity contribution < 1.29 is 13.2 Å². The zero-order valence-corrected chi connectivity index (χ0v) is 15.5. The second kappa shape index (κ2) is 10.1. The fraction of sp³-hybridized carbons (Fsp3) is 0.316. The lowest BCUT2D eigenvalue weighted by atomic mass is 10.1. The van der Waals surface area contributed by atoms with E-state index < -0.39 is 10.0 Å². The van der Waals surface area contributed by atoms with Crippen molar-refractivity contribution in [2.75, 3.05) is 19.6 Å². The molecule has 0 atom stereocenters. The molecule has 7 heteroatoms. The summed E-state index contributed by atoms with van der Waals surface area (Å²) in [5.74, 6) is 0.0333. The van der Waals surface area contributed by atoms with E-state index in [0.29, 0.717) is 26.1 Å². The second-order valence-corrected chi connectivity index (χ2v) is 7.59. The van der Waals surface area contributed by atoms with Gasteiger partial charge in [0.05, 0.1) is 4.90 Å². The van der Waals surface area contributed by atoms with E-state index >= 15 is 0 Å². The molecule has 4 N–H and O–H groups in total. The molecule has 0 aliphatic rings. The molecule has 0 bridgehead atoms. The van der Waals surface area contributed by atoms with E-state index in [9.17, 15) is 13.2 Å². The summed E-state index contributed by atoms with van der Waals surface area (Å²) in [6, 6.07) is 16.5. The highest BCUT2D eigenvalue weighted by Crippen LogP contribution is 2.08. The van der Waals surface area contributed by atoms with Crippen LogP contribution >= 0.6 is 0 Å². The molecular weight excluding hydrogens is 350 g/mol. The molecule has 0 aliphatic carbocycles. The molecule has 0 spiro atoms. The molecule has 0 radical (unpaired) electrons. The van der Waals surface area contributed by atoms with Gasteiger partial charge in [-0.3, -0.25) is 4.79 Å². The first kappa shape index (κ1) is 20.1. The highest BCUT2D eigenvalue weighted by atomic mass is 32.2. The summed E-state index contributed by atoms with van der Waals surface area (Å²) >= 11 is 0. The molecule has 1 amide bonds. The number of rotatable bonds is 10. The molecule has 2 aromatic rings. The minimum Gasteiger partial charge on any atom is -0.356 e. The molecule has 0 aromatic heterocycles. The summed E-state index contributed by atoms with van der Waals surface area (Å²) in [5.41, 5.74) is 2.22. The standard InChI is InChI=1S/C19H25N3O3S/c20-26(24,25)18-8-6-17(7-9-18)10-13-21-14-12-19(23)22-15-11-16-4-2-1-3-5-16/h1-9,21H,10-15H2,(H,22,23)(H2,20,24,25). The van der Waals surface area contributed by atoms with Crippen molar-refractivity contribution in [3.05, 3.63) is 65.7 Å². The van der Waals surface area contributed by atoms with Crippen molar-refractivity contribution in [2.24, 2.45) is 5.14 Å². The topological polar surface area (TPSA) is 101 Å². The first-order chi connectivity index (χ1) is 12.4. The summed E-state index contributed by atoms with van der Waals surface area (Å²) in [4.78, 5) is 11.9. The van der Waals surface area contributed by atoms with E-state index in [1.807, 2.05) is 30.3 Å². The van der Waals surface area contributed by atoms with Crippen LogP contribution in [0.5, 0.6) is 0 Å². The lowest BCUT2D eigenvalue weighted by molar-refractivity contribution is -0.120. The van der Waals surface area contributed by atoms with Crippen molar-refractivity contribution in [1.29, 1.82) is 0 Å². The molecule has 0 aliphatic heterocycles. The molecule has 6 nitrogen and oxygen atoms in total. The van der Waals surface area contributed by atoms with E-state index in [1.54, 1.807) is 12.1 Å². The Labute approximate surface area is 154 Å². The van der Waals surface area contributed by atoms with Crippen LogP contribution in [0.15, 0.2) is 59.5 Å². The molecule has 0 unspecified atom stereocenters. The molecule has 26 heavy (non-hydrogen) atoms. The van der Waals surface area contributed by atoms with Crippen LogP contribution in [0.1, 0.15) is 17.5 Å². The number of benzene rings is 2. The highest BCUT2D eigenvalue weighted by Gasteiger charge is 2.06. The number of nitrogens with two attached hydrogens (primary N) is 1. The van der Waals surface area contributed by atoms with Crippen molar-refractivity contribution in [2.45, 2.75) is 24.2 Å². The van der Waals surface area contributed by atoms with Gasteiger partial charge in [0.2, 0.25) is 15.9 Å². The number of hydrogen-bond acceptors (Lipinski definition) is 4. The molecule has 0 fully saturated rings. The van der Waals surface area contributed by atoms with Gasteiger partial charge in [-0.1, -0.05) is 42.5 Å². The van der Waals surface area contributed by atoms with Gasteiger partial charge in [-0.05, 0) is 42.6 Å². The lowest BCUT2D eigenvalue weighted by Crippen LogP contribution is -2.29. The zero-order chi connectivity index (χ0) is 18.8. The summed E-state index contributed by atoms with van der Waals surface area (Å²) < 4.78 is 22.4. The Morgan fingerprint density at radius 1 is 0.846 bits per heavy atom. The normalized spacial score (nSPS) is 11.3. The highest BCUT2D eigenvalue weighted by molar-refractivity contribution is 7.89. The van der Waals surface area contributed by atoms with Crippen LogP contribution in [0.2, 0.25) is 0 Å². The molecule has 0 heterocycles. The number of primary sulfonamides is 1. The van der Waals surface area contributed by atoms with Crippen molar-refractivity contribution in [1.82, 2.24) is 10.6 Å². The SMILES string of the molecule is NS(=O)(=O)c1ccc(CCNCCC(=O)NCCc2ccccc2)cc1. The zero-order valence-electron chi connectivity index (χ0n) is 14.6. The van der Waals surface area contributed by atoms with Crippen LogP contribution in [0, 0.1) is 0 Å². The molecule has 0 saturated carbocycles. The average molecular weight is 375 g/mol. The maximum absolute atomic E-state index is 11.8. The maximum Gasteiger partial charge on any atom is 0.238 e. The Bertz CT molecular complexity index is 791. The summed E-state index contributed by atoms with van der Waals surface area (Å²) in [6.45, 7) is 1.96. The predicted molar refractivity (Wildman–Crippen MR) is 102 cm³/mol. The van der Waals surface area contributed by atoms with Crippen LogP contribution in [-0.2, 0) is 27.7 Å². The number of nitrogens with one attached hydrogen (secondary N) is 2.